The summed E-state index contributed by atoms with van der Waals surface area (Å²) in [4.78, 5) is 36.2. The minimum atomic E-state index is -0.833. The maximum absolute atomic E-state index is 12.2. The SMILES string of the molecule is COc1cn(-c2ccccc2)nc1C(=O)OCC(=O)NC(=O)c1cccs1. The number of benzene rings is 1. The Morgan fingerprint density at radius 3 is 2.59 bits per heavy atom. The van der Waals surface area contributed by atoms with Gasteiger partial charge in [0.2, 0.25) is 5.69 Å². The average molecular weight is 385 g/mol. The van der Waals surface area contributed by atoms with Crippen LogP contribution in [0.25, 0.3) is 5.69 Å². The summed E-state index contributed by atoms with van der Waals surface area (Å²) in [5.41, 5.74) is 0.660. The number of nitrogens with one attached hydrogen (secondary N) is 1. The van der Waals surface area contributed by atoms with Gasteiger partial charge in [-0.2, -0.15) is 5.10 Å². The van der Waals surface area contributed by atoms with Crippen LogP contribution in [0.1, 0.15) is 20.2 Å². The molecule has 9 heteroatoms. The summed E-state index contributed by atoms with van der Waals surface area (Å²) in [7, 11) is 1.40. The van der Waals surface area contributed by atoms with Crippen LogP contribution < -0.4 is 10.1 Å². The van der Waals surface area contributed by atoms with Gasteiger partial charge in [0, 0.05) is 0 Å². The van der Waals surface area contributed by atoms with Gasteiger partial charge in [0.15, 0.2) is 12.4 Å². The summed E-state index contributed by atoms with van der Waals surface area (Å²) in [6.07, 6.45) is 1.53. The van der Waals surface area contributed by atoms with Crippen LogP contribution in [0.2, 0.25) is 0 Å². The number of ether oxygens (including phenoxy) is 2. The minimum Gasteiger partial charge on any atom is -0.493 e. The van der Waals surface area contributed by atoms with E-state index in [4.69, 9.17) is 9.47 Å². The summed E-state index contributed by atoms with van der Waals surface area (Å²) in [5, 5.41) is 8.02. The van der Waals surface area contributed by atoms with Crippen LogP contribution in [-0.2, 0) is 9.53 Å². The lowest BCUT2D eigenvalue weighted by molar-refractivity contribution is -0.123. The second-order valence-electron chi connectivity index (χ2n) is 5.26. The summed E-state index contributed by atoms with van der Waals surface area (Å²) < 4.78 is 11.6. The van der Waals surface area contributed by atoms with Crippen LogP contribution in [-0.4, -0.2) is 41.3 Å². The van der Waals surface area contributed by atoms with E-state index in [9.17, 15) is 14.4 Å². The Balaban J connectivity index is 1.63. The molecule has 0 saturated heterocycles. The Kier molecular flexibility index (Phi) is 5.62. The zero-order chi connectivity index (χ0) is 19.2. The molecule has 3 aromatic rings. The van der Waals surface area contributed by atoms with E-state index >= 15 is 0 Å². The van der Waals surface area contributed by atoms with Gasteiger partial charge in [-0.15, -0.1) is 11.3 Å². The quantitative estimate of drug-likeness (QED) is 0.652. The minimum absolute atomic E-state index is 0.0706. The van der Waals surface area contributed by atoms with Crippen molar-refractivity contribution < 1.29 is 23.9 Å². The molecule has 0 unspecified atom stereocenters. The van der Waals surface area contributed by atoms with Crippen molar-refractivity contribution in [1.82, 2.24) is 15.1 Å². The third kappa shape index (κ3) is 4.39. The number of imide groups is 1. The number of amides is 2. The molecule has 138 valence electrons. The predicted octanol–water partition coefficient (Wildman–Crippen LogP) is 2.06. The third-order valence-electron chi connectivity index (χ3n) is 3.45. The van der Waals surface area contributed by atoms with Crippen molar-refractivity contribution >= 4 is 29.1 Å². The molecule has 0 fully saturated rings. The fourth-order valence-corrected chi connectivity index (χ4v) is 2.81. The number of carbonyl (C=O) groups excluding carboxylic acids is 3. The summed E-state index contributed by atoms with van der Waals surface area (Å²) in [6.45, 7) is -0.614. The molecule has 0 atom stereocenters. The van der Waals surface area contributed by atoms with Crippen LogP contribution in [0, 0.1) is 0 Å². The number of thiophene rings is 1. The first kappa shape index (κ1) is 18.3. The molecule has 0 radical (unpaired) electrons. The van der Waals surface area contributed by atoms with E-state index in [2.05, 4.69) is 10.4 Å². The van der Waals surface area contributed by atoms with Crippen LogP contribution in [0.3, 0.4) is 0 Å². The number of esters is 1. The highest BCUT2D eigenvalue weighted by atomic mass is 32.1. The van der Waals surface area contributed by atoms with E-state index in [0.717, 1.165) is 5.69 Å². The molecule has 8 nitrogen and oxygen atoms in total. The van der Waals surface area contributed by atoms with Gasteiger partial charge in [-0.3, -0.25) is 14.9 Å². The van der Waals surface area contributed by atoms with Gasteiger partial charge in [-0.1, -0.05) is 24.3 Å². The second-order valence-corrected chi connectivity index (χ2v) is 6.20. The molecule has 27 heavy (non-hydrogen) atoms. The second kappa shape index (κ2) is 8.28. The highest BCUT2D eigenvalue weighted by Crippen LogP contribution is 2.20. The van der Waals surface area contributed by atoms with Crippen LogP contribution in [0.15, 0.2) is 54.0 Å². The van der Waals surface area contributed by atoms with Gasteiger partial charge in [-0.25, -0.2) is 9.48 Å². The Morgan fingerprint density at radius 2 is 1.93 bits per heavy atom. The number of para-hydroxylation sites is 1. The molecule has 3 rings (SSSR count). The van der Waals surface area contributed by atoms with Gasteiger partial charge in [0.1, 0.15) is 0 Å². The lowest BCUT2D eigenvalue weighted by atomic mass is 10.3. The summed E-state index contributed by atoms with van der Waals surface area (Å²) in [6, 6.07) is 12.4. The lowest BCUT2D eigenvalue weighted by Gasteiger charge is -2.04. The first-order chi connectivity index (χ1) is 13.1. The lowest BCUT2D eigenvalue weighted by Crippen LogP contribution is -2.33. The van der Waals surface area contributed by atoms with E-state index in [0.29, 0.717) is 4.88 Å². The first-order valence-electron chi connectivity index (χ1n) is 7.82. The predicted molar refractivity (Wildman–Crippen MR) is 97.2 cm³/mol. The van der Waals surface area contributed by atoms with E-state index in [-0.39, 0.29) is 11.4 Å². The third-order valence-corrected chi connectivity index (χ3v) is 4.32. The number of nitrogens with zero attached hydrogens (tertiary/aromatic N) is 2. The van der Waals surface area contributed by atoms with Crippen molar-refractivity contribution in [3.63, 3.8) is 0 Å². The zero-order valence-electron chi connectivity index (χ0n) is 14.2. The molecule has 0 aliphatic heterocycles. The molecule has 2 amide bonds. The highest BCUT2D eigenvalue weighted by molar-refractivity contribution is 7.12. The van der Waals surface area contributed by atoms with Gasteiger partial charge < -0.3 is 9.47 Å². The molecule has 0 spiro atoms. The summed E-state index contributed by atoms with van der Waals surface area (Å²) in [5.74, 6) is -1.90. The first-order valence-corrected chi connectivity index (χ1v) is 8.70. The van der Waals surface area contributed by atoms with Crippen molar-refractivity contribution in [3.8, 4) is 11.4 Å². The Bertz CT molecular complexity index is 951. The highest BCUT2D eigenvalue weighted by Gasteiger charge is 2.21. The molecule has 0 saturated carbocycles. The fraction of sp³-hybridized carbons (Fsp3) is 0.111. The average Bonchev–Trinajstić information content (AvgIpc) is 3.36. The number of methoxy groups -OCH3 is 1. The van der Waals surface area contributed by atoms with Gasteiger partial charge in [-0.05, 0) is 23.6 Å². The van der Waals surface area contributed by atoms with Gasteiger partial charge in [0.05, 0.1) is 23.9 Å². The maximum Gasteiger partial charge on any atom is 0.363 e. The molecule has 1 aromatic carbocycles. The summed E-state index contributed by atoms with van der Waals surface area (Å²) >= 11 is 1.20. The number of rotatable bonds is 6. The Hall–Kier alpha value is -3.46. The molecule has 0 aliphatic rings. The number of hydrogen-bond donors (Lipinski definition) is 1. The smallest absolute Gasteiger partial charge is 0.363 e. The van der Waals surface area contributed by atoms with Crippen molar-refractivity contribution in [3.05, 3.63) is 64.6 Å². The number of aromatic nitrogens is 2. The van der Waals surface area contributed by atoms with Crippen LogP contribution in [0.5, 0.6) is 5.75 Å². The van der Waals surface area contributed by atoms with Crippen molar-refractivity contribution in [1.29, 1.82) is 0 Å². The monoisotopic (exact) mass is 385 g/mol. The van der Waals surface area contributed by atoms with Crippen LogP contribution >= 0.6 is 11.3 Å². The molecular weight excluding hydrogens is 370 g/mol. The van der Waals surface area contributed by atoms with E-state index < -0.39 is 24.4 Å². The molecule has 2 aromatic heterocycles. The topological polar surface area (TPSA) is 99.5 Å². The normalized spacial score (nSPS) is 10.3. The largest absolute Gasteiger partial charge is 0.493 e. The molecular formula is C18H15N3O5S. The Morgan fingerprint density at radius 1 is 1.15 bits per heavy atom. The maximum atomic E-state index is 12.2. The number of hydrogen-bond acceptors (Lipinski definition) is 7. The van der Waals surface area contributed by atoms with Gasteiger partial charge in [0.25, 0.3) is 11.8 Å². The molecule has 1 N–H and O–H groups in total. The molecule has 2 heterocycles. The van der Waals surface area contributed by atoms with Crippen molar-refractivity contribution in [2.24, 2.45) is 0 Å². The van der Waals surface area contributed by atoms with Crippen molar-refractivity contribution in [2.75, 3.05) is 13.7 Å². The standard InChI is InChI=1S/C18H15N3O5S/c1-25-13-10-21(12-6-3-2-4-7-12)20-16(13)18(24)26-11-15(22)19-17(23)14-8-5-9-27-14/h2-10H,11H2,1H3,(H,19,22,23). The molecule has 0 aliphatic carbocycles. The molecule has 0 bridgehead atoms. The van der Waals surface area contributed by atoms with E-state index in [1.807, 2.05) is 30.3 Å². The van der Waals surface area contributed by atoms with Crippen LogP contribution in [0.4, 0.5) is 0 Å². The number of carbonyl (C=O) groups is 3. The fourth-order valence-electron chi connectivity index (χ4n) is 2.19. The Labute approximate surface area is 158 Å². The van der Waals surface area contributed by atoms with Crippen molar-refractivity contribution in [2.45, 2.75) is 0 Å². The zero-order valence-corrected chi connectivity index (χ0v) is 15.1. The van der Waals surface area contributed by atoms with Gasteiger partial charge >= 0.3 is 5.97 Å². The van der Waals surface area contributed by atoms with E-state index in [1.54, 1.807) is 17.5 Å². The van der Waals surface area contributed by atoms with E-state index in [1.165, 1.54) is 29.3 Å².